The second-order valence-corrected chi connectivity index (χ2v) is 7.02. The Bertz CT molecular complexity index is 1010. The smallest absolute Gasteiger partial charge is 0.253 e. The van der Waals surface area contributed by atoms with Crippen LogP contribution in [0.4, 0.5) is 0 Å². The molecule has 0 unspecified atom stereocenters. The molecule has 28 heavy (non-hydrogen) atoms. The molecule has 1 saturated heterocycles. The average Bonchev–Trinajstić information content (AvgIpc) is 3.09. The molecule has 0 bridgehead atoms. The number of nitrogens with zero attached hydrogens (tertiary/aromatic N) is 4. The van der Waals surface area contributed by atoms with Crippen LogP contribution >= 0.6 is 0 Å². The number of fused-ring (bicyclic) bond motifs is 1. The van der Waals surface area contributed by atoms with E-state index in [9.17, 15) is 4.79 Å². The van der Waals surface area contributed by atoms with Gasteiger partial charge >= 0.3 is 0 Å². The lowest BCUT2D eigenvalue weighted by molar-refractivity contribution is 0.0712. The van der Waals surface area contributed by atoms with Crippen molar-refractivity contribution in [3.05, 3.63) is 47.8 Å². The first-order valence-corrected chi connectivity index (χ1v) is 9.41. The number of benzene rings is 1. The van der Waals surface area contributed by atoms with Crippen LogP contribution in [0.15, 0.2) is 36.5 Å². The highest BCUT2D eigenvalue weighted by Crippen LogP contribution is 2.33. The van der Waals surface area contributed by atoms with Crippen LogP contribution < -0.4 is 9.47 Å². The maximum atomic E-state index is 12.9. The number of rotatable bonds is 4. The highest BCUT2D eigenvalue weighted by molar-refractivity contribution is 5.95. The van der Waals surface area contributed by atoms with Crippen molar-refractivity contribution in [2.45, 2.75) is 18.8 Å². The lowest BCUT2D eigenvalue weighted by Crippen LogP contribution is -2.38. The Morgan fingerprint density at radius 3 is 2.57 bits per heavy atom. The molecule has 3 heterocycles. The molecule has 0 radical (unpaired) electrons. The van der Waals surface area contributed by atoms with E-state index < -0.39 is 0 Å². The Hall–Kier alpha value is -3.09. The van der Waals surface area contributed by atoms with Crippen molar-refractivity contribution in [1.29, 1.82) is 0 Å². The third kappa shape index (κ3) is 3.17. The van der Waals surface area contributed by atoms with Gasteiger partial charge in [0.2, 0.25) is 0 Å². The first kappa shape index (κ1) is 18.3. The predicted octanol–water partition coefficient (Wildman–Crippen LogP) is 3.01. The zero-order valence-electron chi connectivity index (χ0n) is 16.4. The molecule has 1 amide bonds. The van der Waals surface area contributed by atoms with Gasteiger partial charge in [0.05, 0.1) is 19.9 Å². The topological polar surface area (TPSA) is 69.5 Å². The summed E-state index contributed by atoms with van der Waals surface area (Å²) in [5.74, 6) is 1.54. The van der Waals surface area contributed by atoms with Crippen LogP contribution in [0, 0.1) is 0 Å². The molecule has 2 aromatic heterocycles. The largest absolute Gasteiger partial charge is 0.493 e. The molecule has 1 aliphatic rings. The fraction of sp³-hybridized carbons (Fsp3) is 0.381. The third-order valence-corrected chi connectivity index (χ3v) is 5.43. The second-order valence-electron chi connectivity index (χ2n) is 7.02. The van der Waals surface area contributed by atoms with E-state index in [-0.39, 0.29) is 5.91 Å². The van der Waals surface area contributed by atoms with Crippen LogP contribution in [-0.4, -0.2) is 52.9 Å². The Morgan fingerprint density at radius 2 is 1.86 bits per heavy atom. The summed E-state index contributed by atoms with van der Waals surface area (Å²) in [6.07, 6.45) is 3.57. The van der Waals surface area contributed by atoms with Gasteiger partial charge in [-0.3, -0.25) is 9.48 Å². The summed E-state index contributed by atoms with van der Waals surface area (Å²) in [4.78, 5) is 19.3. The quantitative estimate of drug-likeness (QED) is 0.696. The number of aromatic nitrogens is 3. The molecule has 7 heteroatoms. The minimum Gasteiger partial charge on any atom is -0.493 e. The number of carbonyl (C=O) groups excluding carboxylic acids is 1. The van der Waals surface area contributed by atoms with Gasteiger partial charge in [-0.15, -0.1) is 0 Å². The lowest BCUT2D eigenvalue weighted by Gasteiger charge is -2.31. The van der Waals surface area contributed by atoms with Crippen molar-refractivity contribution in [2.75, 3.05) is 27.3 Å². The van der Waals surface area contributed by atoms with E-state index in [4.69, 9.17) is 14.6 Å². The van der Waals surface area contributed by atoms with Gasteiger partial charge in [0.25, 0.3) is 5.91 Å². The van der Waals surface area contributed by atoms with Crippen molar-refractivity contribution in [3.63, 3.8) is 0 Å². The van der Waals surface area contributed by atoms with Crippen LogP contribution in [0.3, 0.4) is 0 Å². The Balaban J connectivity index is 1.49. The molecule has 4 rings (SSSR count). The monoisotopic (exact) mass is 380 g/mol. The molecule has 7 nitrogen and oxygen atoms in total. The Labute approximate surface area is 163 Å². The highest BCUT2D eigenvalue weighted by atomic mass is 16.5. The molecular formula is C21H24N4O3. The number of ether oxygens (including phenoxy) is 2. The van der Waals surface area contributed by atoms with Gasteiger partial charge in [-0.2, -0.15) is 5.10 Å². The van der Waals surface area contributed by atoms with Crippen LogP contribution in [0.25, 0.3) is 11.0 Å². The number of pyridine rings is 1. The molecule has 0 spiro atoms. The van der Waals surface area contributed by atoms with E-state index in [0.29, 0.717) is 36.1 Å². The molecule has 1 aromatic carbocycles. The minimum absolute atomic E-state index is 0.0203. The van der Waals surface area contributed by atoms with Crippen LogP contribution in [0.5, 0.6) is 11.5 Å². The number of carbonyl (C=O) groups is 1. The maximum Gasteiger partial charge on any atom is 0.253 e. The SMILES string of the molecule is COc1ccc(C(=O)N2CCC(c3nn(C)c4ncccc34)CC2)cc1OC. The molecular weight excluding hydrogens is 356 g/mol. The van der Waals surface area contributed by atoms with Gasteiger partial charge in [-0.1, -0.05) is 0 Å². The molecule has 1 aliphatic heterocycles. The summed E-state index contributed by atoms with van der Waals surface area (Å²) in [7, 11) is 5.08. The Morgan fingerprint density at radius 1 is 1.11 bits per heavy atom. The van der Waals surface area contributed by atoms with Gasteiger partial charge in [0, 0.05) is 43.2 Å². The number of piperidine rings is 1. The number of likely N-dealkylation sites (tertiary alicyclic amines) is 1. The number of aryl methyl sites for hydroxylation is 1. The fourth-order valence-corrected chi connectivity index (χ4v) is 3.93. The summed E-state index contributed by atoms with van der Waals surface area (Å²) < 4.78 is 12.4. The van der Waals surface area contributed by atoms with Gasteiger partial charge in [0.15, 0.2) is 17.1 Å². The summed E-state index contributed by atoms with van der Waals surface area (Å²) in [5.41, 5.74) is 2.61. The van der Waals surface area contributed by atoms with Crippen LogP contribution in [-0.2, 0) is 7.05 Å². The third-order valence-electron chi connectivity index (χ3n) is 5.43. The lowest BCUT2D eigenvalue weighted by atomic mass is 9.91. The normalized spacial score (nSPS) is 15.0. The number of methoxy groups -OCH3 is 2. The average molecular weight is 380 g/mol. The zero-order valence-corrected chi connectivity index (χ0v) is 16.4. The predicted molar refractivity (Wildman–Crippen MR) is 106 cm³/mol. The molecule has 3 aromatic rings. The van der Waals surface area contributed by atoms with E-state index in [2.05, 4.69) is 11.1 Å². The second kappa shape index (κ2) is 7.50. The van der Waals surface area contributed by atoms with E-state index in [1.54, 1.807) is 38.6 Å². The highest BCUT2D eigenvalue weighted by Gasteiger charge is 2.28. The van der Waals surface area contributed by atoms with Crippen molar-refractivity contribution >= 4 is 16.9 Å². The summed E-state index contributed by atoms with van der Waals surface area (Å²) >= 11 is 0. The minimum atomic E-state index is 0.0203. The van der Waals surface area contributed by atoms with Gasteiger partial charge in [0.1, 0.15) is 0 Å². The Kier molecular flexibility index (Phi) is 4.90. The van der Waals surface area contributed by atoms with Crippen molar-refractivity contribution in [1.82, 2.24) is 19.7 Å². The molecule has 1 fully saturated rings. The summed E-state index contributed by atoms with van der Waals surface area (Å²) in [5, 5.41) is 5.81. The van der Waals surface area contributed by atoms with E-state index in [1.807, 2.05) is 22.7 Å². The van der Waals surface area contributed by atoms with Gasteiger partial charge in [-0.25, -0.2) is 4.98 Å². The van der Waals surface area contributed by atoms with E-state index >= 15 is 0 Å². The van der Waals surface area contributed by atoms with Gasteiger partial charge in [-0.05, 0) is 43.2 Å². The number of hydrogen-bond donors (Lipinski definition) is 0. The molecule has 0 aliphatic carbocycles. The molecule has 146 valence electrons. The van der Waals surface area contributed by atoms with E-state index in [1.165, 1.54) is 0 Å². The first-order chi connectivity index (χ1) is 13.6. The van der Waals surface area contributed by atoms with E-state index in [0.717, 1.165) is 29.6 Å². The standard InChI is InChI=1S/C21H24N4O3/c1-24-20-16(5-4-10-22-20)19(23-24)14-8-11-25(12-9-14)21(26)15-6-7-17(27-2)18(13-15)28-3/h4-7,10,13-14H,8-9,11-12H2,1-3H3. The maximum absolute atomic E-state index is 12.9. The van der Waals surface area contributed by atoms with Gasteiger partial charge < -0.3 is 14.4 Å². The molecule has 0 saturated carbocycles. The van der Waals surface area contributed by atoms with Crippen LogP contribution in [0.2, 0.25) is 0 Å². The number of amides is 1. The van der Waals surface area contributed by atoms with Crippen LogP contribution in [0.1, 0.15) is 34.8 Å². The zero-order chi connectivity index (χ0) is 19.7. The molecule has 0 atom stereocenters. The summed E-state index contributed by atoms with van der Waals surface area (Å²) in [6, 6.07) is 9.32. The van der Waals surface area contributed by atoms with Crippen molar-refractivity contribution < 1.29 is 14.3 Å². The van der Waals surface area contributed by atoms with Crippen molar-refractivity contribution in [3.8, 4) is 11.5 Å². The fourth-order valence-electron chi connectivity index (χ4n) is 3.93. The molecule has 0 N–H and O–H groups in total. The number of hydrogen-bond acceptors (Lipinski definition) is 5. The first-order valence-electron chi connectivity index (χ1n) is 9.41. The van der Waals surface area contributed by atoms with Crippen molar-refractivity contribution in [2.24, 2.45) is 7.05 Å². The summed E-state index contributed by atoms with van der Waals surface area (Å²) in [6.45, 7) is 1.41.